The van der Waals surface area contributed by atoms with E-state index in [2.05, 4.69) is 10.1 Å². The van der Waals surface area contributed by atoms with Crippen LogP contribution in [-0.2, 0) is 4.74 Å². The molecule has 1 aromatic rings. The van der Waals surface area contributed by atoms with Gasteiger partial charge < -0.3 is 10.1 Å². The summed E-state index contributed by atoms with van der Waals surface area (Å²) in [5, 5.41) is 3.84. The molecule has 0 heterocycles. The van der Waals surface area contributed by atoms with E-state index >= 15 is 0 Å². The van der Waals surface area contributed by atoms with Crippen molar-refractivity contribution in [3.63, 3.8) is 0 Å². The first-order valence-corrected chi connectivity index (χ1v) is 5.23. The van der Waals surface area contributed by atoms with Crippen molar-refractivity contribution in [3.8, 4) is 0 Å². The molecule has 1 aliphatic rings. The zero-order chi connectivity index (χ0) is 10.8. The Bertz CT molecular complexity index is 388. The Kier molecular flexibility index (Phi) is 2.82. The molecule has 0 unspecified atom stereocenters. The average Bonchev–Trinajstić information content (AvgIpc) is 3.04. The lowest BCUT2D eigenvalue weighted by atomic mass is 10.2. The van der Waals surface area contributed by atoms with Gasteiger partial charge in [-0.25, -0.2) is 4.79 Å². The Hall–Kier alpha value is -1.22. The van der Waals surface area contributed by atoms with Gasteiger partial charge in [0, 0.05) is 6.04 Å². The molecule has 1 N–H and O–H groups in total. The lowest BCUT2D eigenvalue weighted by Crippen LogP contribution is -2.04. The maximum atomic E-state index is 11.2. The van der Waals surface area contributed by atoms with E-state index in [4.69, 9.17) is 11.6 Å². The Labute approximate surface area is 93.4 Å². The molecule has 4 heteroatoms. The number of methoxy groups -OCH3 is 1. The van der Waals surface area contributed by atoms with Crippen molar-refractivity contribution < 1.29 is 9.53 Å². The van der Waals surface area contributed by atoms with Gasteiger partial charge in [-0.3, -0.25) is 0 Å². The number of anilines is 1. The van der Waals surface area contributed by atoms with Gasteiger partial charge in [-0.1, -0.05) is 11.6 Å². The van der Waals surface area contributed by atoms with Gasteiger partial charge in [0.25, 0.3) is 0 Å². The molecule has 0 aromatic heterocycles. The molecule has 2 rings (SSSR count). The van der Waals surface area contributed by atoms with Crippen LogP contribution in [0.1, 0.15) is 23.2 Å². The molecule has 80 valence electrons. The van der Waals surface area contributed by atoms with E-state index in [1.807, 2.05) is 6.07 Å². The van der Waals surface area contributed by atoms with Crippen LogP contribution in [0.15, 0.2) is 18.2 Å². The van der Waals surface area contributed by atoms with Crippen molar-refractivity contribution in [2.75, 3.05) is 12.4 Å². The number of benzene rings is 1. The first-order chi connectivity index (χ1) is 7.20. The second-order valence-electron chi connectivity index (χ2n) is 3.60. The number of nitrogens with one attached hydrogen (secondary N) is 1. The lowest BCUT2D eigenvalue weighted by molar-refractivity contribution is 0.0601. The summed E-state index contributed by atoms with van der Waals surface area (Å²) in [5.74, 6) is -0.366. The molecule has 1 aliphatic carbocycles. The molecule has 0 bridgehead atoms. The number of halogens is 1. The van der Waals surface area contributed by atoms with Crippen molar-refractivity contribution >= 4 is 23.3 Å². The van der Waals surface area contributed by atoms with Crippen molar-refractivity contribution in [1.82, 2.24) is 0 Å². The summed E-state index contributed by atoms with van der Waals surface area (Å²) in [4.78, 5) is 11.2. The molecule has 0 aliphatic heterocycles. The molecule has 3 nitrogen and oxygen atoms in total. The summed E-state index contributed by atoms with van der Waals surface area (Å²) in [6, 6.07) is 5.69. The van der Waals surface area contributed by atoms with Crippen LogP contribution in [0.2, 0.25) is 5.02 Å². The molecule has 1 saturated carbocycles. The third kappa shape index (κ3) is 2.42. The number of hydrogen-bond donors (Lipinski definition) is 1. The normalized spacial score (nSPS) is 14.8. The van der Waals surface area contributed by atoms with Gasteiger partial charge in [0.2, 0.25) is 0 Å². The monoisotopic (exact) mass is 225 g/mol. The SMILES string of the molecule is COC(=O)c1ccc(NC2CC2)c(Cl)c1. The Balaban J connectivity index is 2.17. The molecule has 0 amide bonds. The highest BCUT2D eigenvalue weighted by Crippen LogP contribution is 2.29. The third-order valence-corrected chi connectivity index (χ3v) is 2.64. The van der Waals surface area contributed by atoms with Crippen molar-refractivity contribution in [1.29, 1.82) is 0 Å². The largest absolute Gasteiger partial charge is 0.465 e. The van der Waals surface area contributed by atoms with E-state index in [0.717, 1.165) is 5.69 Å². The van der Waals surface area contributed by atoms with E-state index in [1.165, 1.54) is 20.0 Å². The van der Waals surface area contributed by atoms with Crippen LogP contribution in [0, 0.1) is 0 Å². The van der Waals surface area contributed by atoms with Crippen molar-refractivity contribution in [2.45, 2.75) is 18.9 Å². The molecule has 0 radical (unpaired) electrons. The molecule has 1 aromatic carbocycles. The fraction of sp³-hybridized carbons (Fsp3) is 0.364. The number of esters is 1. The molecule has 1 fully saturated rings. The summed E-state index contributed by atoms with van der Waals surface area (Å²) in [5.41, 5.74) is 1.36. The van der Waals surface area contributed by atoms with Crippen LogP contribution in [0.4, 0.5) is 5.69 Å². The van der Waals surface area contributed by atoms with Crippen LogP contribution in [0.3, 0.4) is 0 Å². The van der Waals surface area contributed by atoms with Crippen LogP contribution in [0.5, 0.6) is 0 Å². The fourth-order valence-corrected chi connectivity index (χ4v) is 1.56. The molecule has 0 atom stereocenters. The highest BCUT2D eigenvalue weighted by Gasteiger charge is 2.21. The van der Waals surface area contributed by atoms with Crippen molar-refractivity contribution in [2.24, 2.45) is 0 Å². The summed E-state index contributed by atoms with van der Waals surface area (Å²) in [6.45, 7) is 0. The number of carbonyl (C=O) groups is 1. The van der Waals surface area contributed by atoms with Gasteiger partial charge in [-0.15, -0.1) is 0 Å². The Morgan fingerprint density at radius 1 is 1.53 bits per heavy atom. The number of rotatable bonds is 3. The topological polar surface area (TPSA) is 38.3 Å². The molecular formula is C11H12ClNO2. The smallest absolute Gasteiger partial charge is 0.337 e. The standard InChI is InChI=1S/C11H12ClNO2/c1-15-11(14)7-2-5-10(9(12)6-7)13-8-3-4-8/h2,5-6,8,13H,3-4H2,1H3. The summed E-state index contributed by atoms with van der Waals surface area (Å²) in [6.07, 6.45) is 2.38. The van der Waals surface area contributed by atoms with Gasteiger partial charge >= 0.3 is 5.97 Å². The van der Waals surface area contributed by atoms with Crippen molar-refractivity contribution in [3.05, 3.63) is 28.8 Å². The first-order valence-electron chi connectivity index (χ1n) is 4.85. The van der Waals surface area contributed by atoms with Gasteiger partial charge in [0.05, 0.1) is 23.4 Å². The third-order valence-electron chi connectivity index (χ3n) is 2.33. The predicted octanol–water partition coefficient (Wildman–Crippen LogP) is 2.70. The van der Waals surface area contributed by atoms with E-state index in [-0.39, 0.29) is 5.97 Å². The quantitative estimate of drug-likeness (QED) is 0.804. The van der Waals surface area contributed by atoms with Crippen LogP contribution < -0.4 is 5.32 Å². The van der Waals surface area contributed by atoms with Gasteiger partial charge in [-0.2, -0.15) is 0 Å². The van der Waals surface area contributed by atoms with E-state index in [9.17, 15) is 4.79 Å². The first kappa shape index (κ1) is 10.3. The van der Waals surface area contributed by atoms with Crippen LogP contribution >= 0.6 is 11.6 Å². The number of ether oxygens (including phenoxy) is 1. The number of hydrogen-bond acceptors (Lipinski definition) is 3. The van der Waals surface area contributed by atoms with E-state index in [0.29, 0.717) is 16.6 Å². The second kappa shape index (κ2) is 4.11. The van der Waals surface area contributed by atoms with E-state index in [1.54, 1.807) is 12.1 Å². The van der Waals surface area contributed by atoms with Gasteiger partial charge in [-0.05, 0) is 31.0 Å². The zero-order valence-electron chi connectivity index (χ0n) is 8.42. The summed E-state index contributed by atoms with van der Waals surface area (Å²) >= 11 is 6.03. The second-order valence-corrected chi connectivity index (χ2v) is 4.01. The summed E-state index contributed by atoms with van der Waals surface area (Å²) < 4.78 is 4.61. The van der Waals surface area contributed by atoms with Gasteiger partial charge in [0.1, 0.15) is 0 Å². The molecule has 0 saturated heterocycles. The maximum absolute atomic E-state index is 11.2. The Morgan fingerprint density at radius 2 is 2.27 bits per heavy atom. The van der Waals surface area contributed by atoms with E-state index < -0.39 is 0 Å². The molecule has 0 spiro atoms. The molecule has 15 heavy (non-hydrogen) atoms. The van der Waals surface area contributed by atoms with Gasteiger partial charge in [0.15, 0.2) is 0 Å². The zero-order valence-corrected chi connectivity index (χ0v) is 9.17. The fourth-order valence-electron chi connectivity index (χ4n) is 1.32. The average molecular weight is 226 g/mol. The minimum atomic E-state index is -0.366. The van der Waals surface area contributed by atoms with Crippen LogP contribution in [0.25, 0.3) is 0 Å². The summed E-state index contributed by atoms with van der Waals surface area (Å²) in [7, 11) is 1.35. The maximum Gasteiger partial charge on any atom is 0.337 e. The predicted molar refractivity (Wildman–Crippen MR) is 59.4 cm³/mol. The molecular weight excluding hydrogens is 214 g/mol. The van der Waals surface area contributed by atoms with Crippen LogP contribution in [-0.4, -0.2) is 19.1 Å². The highest BCUT2D eigenvalue weighted by molar-refractivity contribution is 6.33. The minimum absolute atomic E-state index is 0.366. The lowest BCUT2D eigenvalue weighted by Gasteiger charge is -2.07. The minimum Gasteiger partial charge on any atom is -0.465 e. The Morgan fingerprint density at radius 3 is 2.80 bits per heavy atom. The highest BCUT2D eigenvalue weighted by atomic mass is 35.5. The number of carbonyl (C=O) groups excluding carboxylic acids is 1.